The van der Waals surface area contributed by atoms with E-state index in [4.69, 9.17) is 0 Å². The van der Waals surface area contributed by atoms with Gasteiger partial charge in [-0.25, -0.2) is 0 Å². The number of amides is 3. The van der Waals surface area contributed by atoms with Gasteiger partial charge in [-0.05, 0) is 79.1 Å². The number of rotatable bonds is 10. The Balaban J connectivity index is 1.29. The van der Waals surface area contributed by atoms with Crippen molar-refractivity contribution in [1.82, 2.24) is 5.32 Å². The van der Waals surface area contributed by atoms with E-state index in [1.54, 1.807) is 36.4 Å². The average molecular weight is 635 g/mol. The third kappa shape index (κ3) is 8.09. The molecule has 0 saturated heterocycles. The second kappa shape index (κ2) is 14.9. The topological polar surface area (TPSA) is 111 Å². The molecule has 1 aromatic heterocycles. The number of carbonyl (C=O) groups excluding carboxylic acids is 3. The summed E-state index contributed by atoms with van der Waals surface area (Å²) < 4.78 is 0. The van der Waals surface area contributed by atoms with Crippen molar-refractivity contribution in [3.63, 3.8) is 0 Å². The highest BCUT2D eigenvalue weighted by atomic mass is 32.2. The van der Waals surface area contributed by atoms with Crippen molar-refractivity contribution in [3.05, 3.63) is 118 Å². The Hall–Kier alpha value is -4.65. The van der Waals surface area contributed by atoms with Gasteiger partial charge in [-0.15, -0.1) is 23.1 Å². The molecule has 0 fully saturated rings. The molecule has 7 nitrogen and oxygen atoms in total. The monoisotopic (exact) mass is 634 g/mol. The molecule has 0 aliphatic heterocycles. The smallest absolute Gasteiger partial charge is 0.272 e. The first-order chi connectivity index (χ1) is 21.8. The Bertz CT molecular complexity index is 1760. The third-order valence-electron chi connectivity index (χ3n) is 7.53. The van der Waals surface area contributed by atoms with Crippen LogP contribution in [0.3, 0.4) is 0 Å². The van der Waals surface area contributed by atoms with Gasteiger partial charge in [-0.1, -0.05) is 68.4 Å². The van der Waals surface area contributed by atoms with Crippen molar-refractivity contribution >= 4 is 57.6 Å². The number of hydrogen-bond donors (Lipinski definition) is 3. The molecule has 4 aromatic rings. The van der Waals surface area contributed by atoms with Gasteiger partial charge in [0.1, 0.15) is 16.8 Å². The molecule has 0 bridgehead atoms. The quantitative estimate of drug-likeness (QED) is 0.123. The van der Waals surface area contributed by atoms with Crippen LogP contribution in [0.5, 0.6) is 0 Å². The van der Waals surface area contributed by atoms with Gasteiger partial charge in [0.25, 0.3) is 11.8 Å². The standard InChI is InChI=1S/C36H34N4O3S2/c1-3-31(35(43)40-36-29(22-37)28-18-17-23(2)19-32(28)45-36)44-27-16-10-15-26(21-27)38-34(42)30(20-24-11-6-4-7-12-24)39-33(41)25-13-8-5-9-14-25/h4-16,20-21,23,31H,3,17-19H2,1-2H3,(H,38,42)(H,39,41)(H,40,43)/b30-20-. The molecule has 3 amide bonds. The predicted octanol–water partition coefficient (Wildman–Crippen LogP) is 7.66. The normalized spacial score (nSPS) is 14.9. The molecule has 1 aliphatic carbocycles. The highest BCUT2D eigenvalue weighted by Gasteiger charge is 2.27. The molecule has 3 N–H and O–H groups in total. The lowest BCUT2D eigenvalue weighted by molar-refractivity contribution is -0.116. The van der Waals surface area contributed by atoms with Gasteiger partial charge in [0, 0.05) is 21.0 Å². The van der Waals surface area contributed by atoms with Crippen molar-refractivity contribution < 1.29 is 14.4 Å². The molecule has 5 rings (SSSR count). The van der Waals surface area contributed by atoms with E-state index in [1.807, 2.05) is 61.5 Å². The van der Waals surface area contributed by atoms with Gasteiger partial charge in [0.15, 0.2) is 0 Å². The Morgan fingerprint density at radius 2 is 1.76 bits per heavy atom. The van der Waals surface area contributed by atoms with Crippen LogP contribution in [0, 0.1) is 17.2 Å². The third-order valence-corrected chi connectivity index (χ3v) is 10.1. The van der Waals surface area contributed by atoms with Crippen LogP contribution in [-0.2, 0) is 22.4 Å². The number of thiophene rings is 1. The molecule has 1 aliphatic rings. The molecule has 2 atom stereocenters. The van der Waals surface area contributed by atoms with Gasteiger partial charge < -0.3 is 16.0 Å². The number of fused-ring (bicyclic) bond motifs is 1. The second-order valence-electron chi connectivity index (χ2n) is 10.9. The molecular formula is C36H34N4O3S2. The zero-order valence-electron chi connectivity index (χ0n) is 25.1. The van der Waals surface area contributed by atoms with E-state index in [0.717, 1.165) is 35.3 Å². The number of thioether (sulfide) groups is 1. The van der Waals surface area contributed by atoms with Crippen LogP contribution >= 0.6 is 23.1 Å². The summed E-state index contributed by atoms with van der Waals surface area (Å²) in [6.07, 6.45) is 5.06. The molecule has 0 spiro atoms. The highest BCUT2D eigenvalue weighted by molar-refractivity contribution is 8.00. The number of carbonyl (C=O) groups is 3. The highest BCUT2D eigenvalue weighted by Crippen LogP contribution is 2.40. The molecule has 0 saturated carbocycles. The molecular weight excluding hydrogens is 601 g/mol. The maximum atomic E-state index is 13.5. The van der Waals surface area contributed by atoms with E-state index in [9.17, 15) is 19.6 Å². The zero-order valence-corrected chi connectivity index (χ0v) is 26.8. The lowest BCUT2D eigenvalue weighted by Gasteiger charge is -2.17. The second-order valence-corrected chi connectivity index (χ2v) is 13.3. The van der Waals surface area contributed by atoms with Crippen molar-refractivity contribution in [1.29, 1.82) is 5.26 Å². The number of nitriles is 1. The summed E-state index contributed by atoms with van der Waals surface area (Å²) in [7, 11) is 0. The number of benzene rings is 3. The number of nitrogens with zero attached hydrogens (tertiary/aromatic N) is 1. The minimum Gasteiger partial charge on any atom is -0.321 e. The van der Waals surface area contributed by atoms with E-state index in [-0.39, 0.29) is 11.6 Å². The molecule has 1 heterocycles. The van der Waals surface area contributed by atoms with Gasteiger partial charge in [-0.3, -0.25) is 14.4 Å². The number of hydrogen-bond acceptors (Lipinski definition) is 6. The molecule has 2 unspecified atom stereocenters. The van der Waals surface area contributed by atoms with Crippen molar-refractivity contribution in [2.75, 3.05) is 10.6 Å². The Labute approximate surface area is 271 Å². The molecule has 3 aromatic carbocycles. The lowest BCUT2D eigenvalue weighted by Crippen LogP contribution is -2.30. The van der Waals surface area contributed by atoms with Crippen LogP contribution in [-0.4, -0.2) is 23.0 Å². The largest absolute Gasteiger partial charge is 0.321 e. The number of nitrogens with one attached hydrogen (secondary N) is 3. The van der Waals surface area contributed by atoms with Crippen LogP contribution in [0.15, 0.2) is 95.5 Å². The first kappa shape index (κ1) is 31.8. The van der Waals surface area contributed by atoms with Crippen LogP contribution in [0.25, 0.3) is 6.08 Å². The maximum absolute atomic E-state index is 13.5. The van der Waals surface area contributed by atoms with Crippen LogP contribution in [0.1, 0.15) is 58.6 Å². The maximum Gasteiger partial charge on any atom is 0.272 e. The van der Waals surface area contributed by atoms with E-state index in [1.165, 1.54) is 28.0 Å². The van der Waals surface area contributed by atoms with Crippen molar-refractivity contribution in [2.45, 2.75) is 49.7 Å². The SMILES string of the molecule is CCC(Sc1cccc(NC(=O)/C(=C/c2ccccc2)NC(=O)c2ccccc2)c1)C(=O)Nc1sc2c(c1C#N)CCC(C)C2. The van der Waals surface area contributed by atoms with Crippen LogP contribution in [0.2, 0.25) is 0 Å². The van der Waals surface area contributed by atoms with E-state index in [2.05, 4.69) is 28.9 Å². The summed E-state index contributed by atoms with van der Waals surface area (Å²) in [5, 5.41) is 18.8. The lowest BCUT2D eigenvalue weighted by atomic mass is 9.88. The molecule has 228 valence electrons. The van der Waals surface area contributed by atoms with Crippen molar-refractivity contribution in [3.8, 4) is 6.07 Å². The summed E-state index contributed by atoms with van der Waals surface area (Å²) in [5.74, 6) is -0.454. The van der Waals surface area contributed by atoms with Gasteiger partial charge >= 0.3 is 0 Å². The minimum atomic E-state index is -0.477. The Morgan fingerprint density at radius 1 is 1.02 bits per heavy atom. The van der Waals surface area contributed by atoms with Gasteiger partial charge in [0.05, 0.1) is 10.8 Å². The van der Waals surface area contributed by atoms with Crippen molar-refractivity contribution in [2.24, 2.45) is 5.92 Å². The fourth-order valence-electron chi connectivity index (χ4n) is 5.14. The fraction of sp³-hybridized carbons (Fsp3) is 0.222. The Morgan fingerprint density at radius 3 is 2.47 bits per heavy atom. The summed E-state index contributed by atoms with van der Waals surface area (Å²) >= 11 is 2.92. The first-order valence-electron chi connectivity index (χ1n) is 14.9. The van der Waals surface area contributed by atoms with E-state index < -0.39 is 17.1 Å². The summed E-state index contributed by atoms with van der Waals surface area (Å²) in [4.78, 5) is 41.8. The molecule has 0 radical (unpaired) electrons. The molecule has 45 heavy (non-hydrogen) atoms. The minimum absolute atomic E-state index is 0.0975. The summed E-state index contributed by atoms with van der Waals surface area (Å²) in [6.45, 7) is 4.17. The van der Waals surface area contributed by atoms with E-state index >= 15 is 0 Å². The fourth-order valence-corrected chi connectivity index (χ4v) is 7.52. The number of anilines is 2. The predicted molar refractivity (Wildman–Crippen MR) is 182 cm³/mol. The van der Waals surface area contributed by atoms with Crippen LogP contribution < -0.4 is 16.0 Å². The average Bonchev–Trinajstić information content (AvgIpc) is 3.39. The summed E-state index contributed by atoms with van der Waals surface area (Å²) in [6, 6.07) is 27.6. The Kier molecular flexibility index (Phi) is 10.5. The molecule has 9 heteroatoms. The van der Waals surface area contributed by atoms with Gasteiger partial charge in [-0.2, -0.15) is 5.26 Å². The van der Waals surface area contributed by atoms with Gasteiger partial charge in [0.2, 0.25) is 5.91 Å². The zero-order chi connectivity index (χ0) is 31.8. The van der Waals surface area contributed by atoms with E-state index in [0.29, 0.717) is 34.2 Å². The first-order valence-corrected chi connectivity index (χ1v) is 16.6. The van der Waals surface area contributed by atoms with Crippen LogP contribution in [0.4, 0.5) is 10.7 Å². The summed E-state index contributed by atoms with van der Waals surface area (Å²) in [5.41, 5.74) is 3.50.